The van der Waals surface area contributed by atoms with Crippen molar-refractivity contribution in [3.8, 4) is 10.6 Å². The van der Waals surface area contributed by atoms with Gasteiger partial charge >= 0.3 is 0 Å². The molecular formula is C34H38N6S. The fourth-order valence-corrected chi connectivity index (χ4v) is 5.12. The van der Waals surface area contributed by atoms with Gasteiger partial charge in [0.25, 0.3) is 0 Å². The van der Waals surface area contributed by atoms with Crippen LogP contribution >= 0.6 is 11.3 Å². The molecule has 0 amide bonds. The molecule has 0 unspecified atom stereocenters. The van der Waals surface area contributed by atoms with E-state index >= 15 is 0 Å². The van der Waals surface area contributed by atoms with Crippen LogP contribution in [0, 0.1) is 12.3 Å². The summed E-state index contributed by atoms with van der Waals surface area (Å²) < 4.78 is 0. The summed E-state index contributed by atoms with van der Waals surface area (Å²) in [5.41, 5.74) is 9.66. The number of anilines is 1. The fraction of sp³-hybridized carbons (Fsp3) is 0.206. The van der Waals surface area contributed by atoms with Crippen molar-refractivity contribution in [3.05, 3.63) is 114 Å². The summed E-state index contributed by atoms with van der Waals surface area (Å²) in [6.07, 6.45) is 9.53. The van der Waals surface area contributed by atoms with Crippen molar-refractivity contribution < 1.29 is 0 Å². The maximum atomic E-state index is 4.66. The van der Waals surface area contributed by atoms with Crippen LogP contribution in [0.4, 0.5) is 5.69 Å². The molecule has 0 aliphatic heterocycles. The Morgan fingerprint density at radius 1 is 1.10 bits per heavy atom. The third-order valence-corrected chi connectivity index (χ3v) is 8.09. The Morgan fingerprint density at radius 2 is 1.85 bits per heavy atom. The highest BCUT2D eigenvalue weighted by molar-refractivity contribution is 7.16. The van der Waals surface area contributed by atoms with Gasteiger partial charge in [-0.05, 0) is 73.9 Å². The summed E-state index contributed by atoms with van der Waals surface area (Å²) in [7, 11) is 0. The predicted molar refractivity (Wildman–Crippen MR) is 177 cm³/mol. The van der Waals surface area contributed by atoms with Gasteiger partial charge in [-0.15, -0.1) is 11.3 Å². The Morgan fingerprint density at radius 3 is 2.49 bits per heavy atom. The van der Waals surface area contributed by atoms with Crippen LogP contribution in [0.25, 0.3) is 38.4 Å². The summed E-state index contributed by atoms with van der Waals surface area (Å²) in [5.74, 6) is 0. The molecule has 0 fully saturated rings. The Hall–Kier alpha value is -4.49. The lowest BCUT2D eigenvalue weighted by molar-refractivity contribution is 0.478. The molecule has 4 aromatic rings. The van der Waals surface area contributed by atoms with Gasteiger partial charge in [0, 0.05) is 50.7 Å². The van der Waals surface area contributed by atoms with Crippen LogP contribution in [-0.4, -0.2) is 20.2 Å². The SMILES string of the molecule is C=C/C(=C\C(=C/C)c1cnc2n[nH]c(C(=C)Nc3ccnc(-c4ccc(C(=C)C)s4)c3C)c2c1)NC(=C)C(C)(C)C. The van der Waals surface area contributed by atoms with Crippen molar-refractivity contribution in [2.24, 2.45) is 5.41 Å². The number of rotatable bonds is 10. The average Bonchev–Trinajstić information content (AvgIpc) is 3.59. The first-order chi connectivity index (χ1) is 19.4. The Kier molecular flexibility index (Phi) is 8.59. The van der Waals surface area contributed by atoms with Gasteiger partial charge in [-0.3, -0.25) is 10.1 Å². The first kappa shape index (κ1) is 29.5. The van der Waals surface area contributed by atoms with E-state index in [0.29, 0.717) is 11.3 Å². The second-order valence-electron chi connectivity index (χ2n) is 11.0. The van der Waals surface area contributed by atoms with Crippen molar-refractivity contribution in [2.45, 2.75) is 41.5 Å². The standard InChI is InChI=1S/C34H38N6S/c1-11-24(17-26(12-2)38-23(7)34(8,9)10)25-18-27-32(39-40-33(27)36-19-25)22(6)37-28-15-16-35-31(21(28)5)30-14-13-29(41-30)20(3)4/h11-19,38H,2-3,6-7H2,1,4-5,8-10H3,(H,35,37)(H,36,39,40)/b24-11+,26-17+. The van der Waals surface area contributed by atoms with Crippen LogP contribution < -0.4 is 10.6 Å². The van der Waals surface area contributed by atoms with Crippen molar-refractivity contribution in [1.29, 1.82) is 0 Å². The molecule has 0 atom stereocenters. The molecule has 4 rings (SSSR count). The smallest absolute Gasteiger partial charge is 0.181 e. The van der Waals surface area contributed by atoms with E-state index in [-0.39, 0.29) is 5.41 Å². The van der Waals surface area contributed by atoms with E-state index < -0.39 is 0 Å². The minimum absolute atomic E-state index is 0.0804. The van der Waals surface area contributed by atoms with E-state index in [1.807, 2.05) is 44.5 Å². The number of H-pyrrole nitrogens is 1. The van der Waals surface area contributed by atoms with Gasteiger partial charge in [-0.25, -0.2) is 4.98 Å². The van der Waals surface area contributed by atoms with Crippen LogP contribution in [0.5, 0.6) is 0 Å². The Bertz CT molecular complexity index is 1720. The summed E-state index contributed by atoms with van der Waals surface area (Å²) in [5, 5.41) is 15.3. The van der Waals surface area contributed by atoms with Gasteiger partial charge in [0.2, 0.25) is 0 Å². The summed E-state index contributed by atoms with van der Waals surface area (Å²) in [4.78, 5) is 11.5. The zero-order chi connectivity index (χ0) is 29.9. The van der Waals surface area contributed by atoms with Crippen molar-refractivity contribution in [2.75, 3.05) is 5.32 Å². The van der Waals surface area contributed by atoms with Gasteiger partial charge in [-0.2, -0.15) is 5.10 Å². The highest BCUT2D eigenvalue weighted by Gasteiger charge is 2.17. The van der Waals surface area contributed by atoms with Gasteiger partial charge < -0.3 is 10.6 Å². The van der Waals surface area contributed by atoms with Crippen LogP contribution in [0.1, 0.15) is 56.3 Å². The molecule has 0 saturated carbocycles. The summed E-state index contributed by atoms with van der Waals surface area (Å²) in [6.45, 7) is 29.0. The molecule has 0 aliphatic rings. The zero-order valence-electron chi connectivity index (χ0n) is 24.8. The minimum atomic E-state index is -0.0804. The predicted octanol–water partition coefficient (Wildman–Crippen LogP) is 9.13. The van der Waals surface area contributed by atoms with E-state index in [9.17, 15) is 0 Å². The molecule has 0 spiro atoms. The van der Waals surface area contributed by atoms with E-state index in [1.54, 1.807) is 17.4 Å². The first-order valence-electron chi connectivity index (χ1n) is 13.4. The van der Waals surface area contributed by atoms with Crippen LogP contribution in [0.2, 0.25) is 0 Å². The second kappa shape index (κ2) is 11.9. The Labute approximate surface area is 247 Å². The zero-order valence-corrected chi connectivity index (χ0v) is 25.6. The normalized spacial score (nSPS) is 12.3. The molecule has 41 heavy (non-hydrogen) atoms. The number of thiophene rings is 1. The molecule has 0 aromatic carbocycles. The van der Waals surface area contributed by atoms with Crippen molar-refractivity contribution in [3.63, 3.8) is 0 Å². The molecule has 6 nitrogen and oxygen atoms in total. The number of nitrogens with one attached hydrogen (secondary N) is 3. The molecule has 0 aliphatic carbocycles. The molecule has 0 saturated heterocycles. The van der Waals surface area contributed by atoms with Crippen LogP contribution in [0.3, 0.4) is 0 Å². The van der Waals surface area contributed by atoms with E-state index in [0.717, 1.165) is 65.9 Å². The average molecular weight is 563 g/mol. The van der Waals surface area contributed by atoms with Crippen molar-refractivity contribution in [1.82, 2.24) is 25.5 Å². The van der Waals surface area contributed by atoms with Gasteiger partial charge in [0.1, 0.15) is 0 Å². The Balaban J connectivity index is 1.63. The number of hydrogen-bond donors (Lipinski definition) is 3. The molecule has 7 heteroatoms. The molecule has 4 heterocycles. The number of allylic oxidation sites excluding steroid dienone is 6. The van der Waals surface area contributed by atoms with Gasteiger partial charge in [0.05, 0.1) is 22.0 Å². The summed E-state index contributed by atoms with van der Waals surface area (Å²) in [6, 6.07) is 8.22. The van der Waals surface area contributed by atoms with Gasteiger partial charge in [0.15, 0.2) is 5.65 Å². The summed E-state index contributed by atoms with van der Waals surface area (Å²) >= 11 is 1.69. The maximum Gasteiger partial charge on any atom is 0.181 e. The minimum Gasteiger partial charge on any atom is -0.359 e. The molecule has 210 valence electrons. The number of aromatic amines is 1. The van der Waals surface area contributed by atoms with Gasteiger partial charge in [-0.1, -0.05) is 53.2 Å². The fourth-order valence-electron chi connectivity index (χ4n) is 4.14. The first-order valence-corrected chi connectivity index (χ1v) is 14.2. The van der Waals surface area contributed by atoms with E-state index in [2.05, 4.69) is 103 Å². The molecule has 3 N–H and O–H groups in total. The molecule has 0 radical (unpaired) electrons. The highest BCUT2D eigenvalue weighted by atomic mass is 32.1. The topological polar surface area (TPSA) is 78.5 Å². The monoisotopic (exact) mass is 562 g/mol. The third-order valence-electron chi connectivity index (χ3n) is 6.84. The largest absolute Gasteiger partial charge is 0.359 e. The molecule has 0 bridgehead atoms. The number of nitrogens with zero attached hydrogens (tertiary/aromatic N) is 3. The number of aromatic nitrogens is 4. The van der Waals surface area contributed by atoms with Crippen LogP contribution in [0.15, 0.2) is 92.6 Å². The quantitative estimate of drug-likeness (QED) is 0.168. The molecular weight excluding hydrogens is 524 g/mol. The van der Waals surface area contributed by atoms with E-state index in [4.69, 9.17) is 0 Å². The number of hydrogen-bond acceptors (Lipinski definition) is 6. The number of pyridine rings is 2. The lowest BCUT2D eigenvalue weighted by Gasteiger charge is -2.23. The number of fused-ring (bicyclic) bond motifs is 1. The van der Waals surface area contributed by atoms with Crippen molar-refractivity contribution >= 4 is 44.9 Å². The molecule has 4 aromatic heterocycles. The van der Waals surface area contributed by atoms with E-state index in [1.165, 1.54) is 0 Å². The lowest BCUT2D eigenvalue weighted by Crippen LogP contribution is -2.22. The highest BCUT2D eigenvalue weighted by Crippen LogP contribution is 2.35. The third kappa shape index (κ3) is 6.47. The second-order valence-corrected chi connectivity index (χ2v) is 12.1. The maximum absolute atomic E-state index is 4.66. The van der Waals surface area contributed by atoms with Crippen LogP contribution in [-0.2, 0) is 0 Å². The lowest BCUT2D eigenvalue weighted by atomic mass is 9.92.